The molecule has 2 fully saturated rings. The summed E-state index contributed by atoms with van der Waals surface area (Å²) in [6.45, 7) is 0.794. The summed E-state index contributed by atoms with van der Waals surface area (Å²) in [6.07, 6.45) is 2.42. The van der Waals surface area contributed by atoms with Crippen LogP contribution in [0.25, 0.3) is 16.5 Å². The van der Waals surface area contributed by atoms with Crippen LogP contribution in [-0.4, -0.2) is 61.6 Å². The second kappa shape index (κ2) is 6.99. The van der Waals surface area contributed by atoms with Crippen molar-refractivity contribution in [2.75, 3.05) is 13.1 Å². The van der Waals surface area contributed by atoms with Gasteiger partial charge in [-0.2, -0.15) is 0 Å². The predicted molar refractivity (Wildman–Crippen MR) is 117 cm³/mol. The molecule has 1 aromatic carbocycles. The molecule has 2 aliphatic rings. The summed E-state index contributed by atoms with van der Waals surface area (Å²) in [7, 11) is 0. The molecule has 0 saturated carbocycles. The number of piperazine rings is 1. The molecule has 0 spiro atoms. The molecule has 2 saturated heterocycles. The lowest BCUT2D eigenvalue weighted by Crippen LogP contribution is -2.50. The van der Waals surface area contributed by atoms with E-state index < -0.39 is 0 Å². The summed E-state index contributed by atoms with van der Waals surface area (Å²) in [5.74, 6) is -0.506. The highest BCUT2D eigenvalue weighted by molar-refractivity contribution is 9.10. The van der Waals surface area contributed by atoms with E-state index in [1.807, 2.05) is 12.1 Å². The van der Waals surface area contributed by atoms with E-state index in [-0.39, 0.29) is 35.1 Å². The number of rotatable bonds is 2. The SMILES string of the molecule is O=C(c1cc(=O)c2cc(Br)ccc2o1)N1C[C@@H]2C[C@H]1CN2C(=O)c1nnn2ccccc12. The largest absolute Gasteiger partial charge is 0.451 e. The Morgan fingerprint density at radius 2 is 1.81 bits per heavy atom. The van der Waals surface area contributed by atoms with Gasteiger partial charge in [0.1, 0.15) is 5.58 Å². The molecule has 5 heterocycles. The van der Waals surface area contributed by atoms with Crippen molar-refractivity contribution in [1.82, 2.24) is 24.6 Å². The zero-order chi connectivity index (χ0) is 22.0. The van der Waals surface area contributed by atoms with Crippen LogP contribution in [0.15, 0.2) is 62.3 Å². The fourth-order valence-corrected chi connectivity index (χ4v) is 5.03. The molecule has 6 rings (SSSR count). The van der Waals surface area contributed by atoms with Crippen LogP contribution in [0.3, 0.4) is 0 Å². The van der Waals surface area contributed by atoms with Gasteiger partial charge in [0.05, 0.1) is 23.0 Å². The molecule has 160 valence electrons. The quantitative estimate of drug-likeness (QED) is 0.424. The van der Waals surface area contributed by atoms with Crippen molar-refractivity contribution < 1.29 is 14.0 Å². The summed E-state index contributed by atoms with van der Waals surface area (Å²) in [5.41, 5.74) is 1.06. The normalized spacial score (nSPS) is 19.9. The van der Waals surface area contributed by atoms with Gasteiger partial charge in [0.15, 0.2) is 16.9 Å². The van der Waals surface area contributed by atoms with E-state index in [1.54, 1.807) is 44.8 Å². The zero-order valence-electron chi connectivity index (χ0n) is 16.6. The van der Waals surface area contributed by atoms with Gasteiger partial charge in [0, 0.05) is 29.8 Å². The minimum absolute atomic E-state index is 0.0135. The van der Waals surface area contributed by atoms with Gasteiger partial charge >= 0.3 is 0 Å². The maximum absolute atomic E-state index is 13.1. The number of halogens is 1. The van der Waals surface area contributed by atoms with E-state index in [1.165, 1.54) is 6.07 Å². The molecule has 2 amide bonds. The predicted octanol–water partition coefficient (Wildman–Crippen LogP) is 2.34. The van der Waals surface area contributed by atoms with Crippen molar-refractivity contribution >= 4 is 44.2 Å². The first kappa shape index (κ1) is 19.2. The lowest BCUT2D eigenvalue weighted by Gasteiger charge is -2.33. The zero-order valence-corrected chi connectivity index (χ0v) is 18.2. The summed E-state index contributed by atoms with van der Waals surface area (Å²) < 4.78 is 8.08. The van der Waals surface area contributed by atoms with E-state index >= 15 is 0 Å². The minimum Gasteiger partial charge on any atom is -0.451 e. The van der Waals surface area contributed by atoms with E-state index in [9.17, 15) is 14.4 Å². The second-order valence-electron chi connectivity index (χ2n) is 8.04. The Morgan fingerprint density at radius 1 is 1.03 bits per heavy atom. The summed E-state index contributed by atoms with van der Waals surface area (Å²) in [5, 5.41) is 8.48. The Balaban J connectivity index is 1.24. The van der Waals surface area contributed by atoms with Crippen LogP contribution in [-0.2, 0) is 0 Å². The van der Waals surface area contributed by atoms with Crippen LogP contribution < -0.4 is 5.43 Å². The standard InChI is InChI=1S/C22H16BrN5O4/c23-12-4-5-18-15(7-12)17(29)9-19(32-18)21(30)26-10-14-8-13(26)11-27(14)22(31)20-16-3-1-2-6-28(16)25-24-20/h1-7,9,13-14H,8,10-11H2/t13-,14-/m0/s1. The fourth-order valence-electron chi connectivity index (χ4n) is 4.67. The second-order valence-corrected chi connectivity index (χ2v) is 8.96. The van der Waals surface area contributed by atoms with Gasteiger partial charge < -0.3 is 14.2 Å². The van der Waals surface area contributed by atoms with Crippen LogP contribution in [0.2, 0.25) is 0 Å². The first-order valence-electron chi connectivity index (χ1n) is 10.1. The number of nitrogens with zero attached hydrogens (tertiary/aromatic N) is 5. The Hall–Kier alpha value is -3.53. The third kappa shape index (κ3) is 2.86. The molecule has 2 atom stereocenters. The Bertz CT molecular complexity index is 1480. The molecule has 10 heteroatoms. The number of aromatic nitrogens is 3. The number of hydrogen-bond acceptors (Lipinski definition) is 6. The number of pyridine rings is 1. The Kier molecular flexibility index (Phi) is 4.19. The number of benzene rings is 1. The van der Waals surface area contributed by atoms with Crippen molar-refractivity contribution in [2.24, 2.45) is 0 Å². The van der Waals surface area contributed by atoms with Gasteiger partial charge in [-0.1, -0.05) is 27.2 Å². The average Bonchev–Trinajstić information content (AvgIpc) is 3.52. The summed E-state index contributed by atoms with van der Waals surface area (Å²) >= 11 is 3.34. The molecule has 0 unspecified atom stereocenters. The number of carbonyl (C=O) groups excluding carboxylic acids is 2. The van der Waals surface area contributed by atoms with Gasteiger partial charge in [-0.05, 0) is 36.8 Å². The first-order chi connectivity index (χ1) is 15.5. The topological polar surface area (TPSA) is 101 Å². The maximum atomic E-state index is 13.1. The molecule has 3 aromatic heterocycles. The molecule has 4 aromatic rings. The van der Waals surface area contributed by atoms with Crippen molar-refractivity contribution in [2.45, 2.75) is 18.5 Å². The van der Waals surface area contributed by atoms with Crippen molar-refractivity contribution in [3.05, 3.63) is 74.8 Å². The monoisotopic (exact) mass is 493 g/mol. The highest BCUT2D eigenvalue weighted by Gasteiger charge is 2.48. The van der Waals surface area contributed by atoms with Crippen LogP contribution >= 0.6 is 15.9 Å². The van der Waals surface area contributed by atoms with E-state index in [2.05, 4.69) is 26.2 Å². The van der Waals surface area contributed by atoms with Crippen LogP contribution in [0.5, 0.6) is 0 Å². The fraction of sp³-hybridized carbons (Fsp3) is 0.227. The van der Waals surface area contributed by atoms with E-state index in [0.29, 0.717) is 41.7 Å². The van der Waals surface area contributed by atoms with Crippen molar-refractivity contribution in [1.29, 1.82) is 0 Å². The molecule has 9 nitrogen and oxygen atoms in total. The number of amides is 2. The number of carbonyl (C=O) groups is 2. The highest BCUT2D eigenvalue weighted by Crippen LogP contribution is 2.33. The molecule has 0 aliphatic carbocycles. The van der Waals surface area contributed by atoms with E-state index in [4.69, 9.17) is 4.42 Å². The number of likely N-dealkylation sites (tertiary alicyclic amines) is 2. The Morgan fingerprint density at radius 3 is 2.59 bits per heavy atom. The number of hydrogen-bond donors (Lipinski definition) is 0. The number of fused-ring (bicyclic) bond motifs is 4. The van der Waals surface area contributed by atoms with Gasteiger partial charge in [0.25, 0.3) is 11.8 Å². The van der Waals surface area contributed by atoms with Crippen molar-refractivity contribution in [3.8, 4) is 0 Å². The molecule has 0 N–H and O–H groups in total. The van der Waals surface area contributed by atoms with Gasteiger partial charge in [-0.15, -0.1) is 5.10 Å². The summed E-state index contributed by atoms with van der Waals surface area (Å²) in [4.78, 5) is 42.2. The van der Waals surface area contributed by atoms with Crippen LogP contribution in [0.1, 0.15) is 27.5 Å². The molecule has 2 aliphatic heterocycles. The molecular formula is C22H16BrN5O4. The Labute approximate surface area is 189 Å². The minimum atomic E-state index is -0.333. The molecule has 0 radical (unpaired) electrons. The maximum Gasteiger partial charge on any atom is 0.290 e. The third-order valence-electron chi connectivity index (χ3n) is 6.19. The third-order valence-corrected chi connectivity index (χ3v) is 6.68. The first-order valence-corrected chi connectivity index (χ1v) is 10.9. The van der Waals surface area contributed by atoms with Crippen molar-refractivity contribution in [3.63, 3.8) is 0 Å². The van der Waals surface area contributed by atoms with Crippen LogP contribution in [0, 0.1) is 0 Å². The van der Waals surface area contributed by atoms with Crippen LogP contribution in [0.4, 0.5) is 0 Å². The highest BCUT2D eigenvalue weighted by atomic mass is 79.9. The van der Waals surface area contributed by atoms with Gasteiger partial charge in [0.2, 0.25) is 0 Å². The molecule has 2 bridgehead atoms. The van der Waals surface area contributed by atoms with Gasteiger partial charge in [-0.25, -0.2) is 4.52 Å². The van der Waals surface area contributed by atoms with Gasteiger partial charge in [-0.3, -0.25) is 14.4 Å². The molecule has 32 heavy (non-hydrogen) atoms. The van der Waals surface area contributed by atoms with E-state index in [0.717, 1.165) is 4.47 Å². The smallest absolute Gasteiger partial charge is 0.290 e. The average molecular weight is 494 g/mol. The molecular weight excluding hydrogens is 478 g/mol. The summed E-state index contributed by atoms with van der Waals surface area (Å²) in [6, 6.07) is 11.6. The lowest BCUT2D eigenvalue weighted by atomic mass is 10.2. The lowest BCUT2D eigenvalue weighted by molar-refractivity contribution is 0.0507.